The summed E-state index contributed by atoms with van der Waals surface area (Å²) in [5, 5.41) is 22.4. The lowest BCUT2D eigenvalue weighted by molar-refractivity contribution is -0.118. The second-order valence-corrected chi connectivity index (χ2v) is 7.69. The topological polar surface area (TPSA) is 127 Å². The molecule has 3 heterocycles. The molecule has 0 unspecified atom stereocenters. The predicted octanol–water partition coefficient (Wildman–Crippen LogP) is 1.98. The molecule has 3 aromatic heterocycles. The van der Waals surface area contributed by atoms with Crippen LogP contribution in [0.5, 0.6) is 0 Å². The highest BCUT2D eigenvalue weighted by Gasteiger charge is 2.16. The minimum absolute atomic E-state index is 0.116. The molecule has 166 valence electrons. The third-order valence-corrected chi connectivity index (χ3v) is 5.32. The molecule has 0 saturated heterocycles. The Hall–Kier alpha value is -3.67. The van der Waals surface area contributed by atoms with Crippen molar-refractivity contribution in [3.8, 4) is 5.69 Å². The number of benzene rings is 1. The van der Waals surface area contributed by atoms with E-state index in [9.17, 15) is 4.79 Å². The first-order chi connectivity index (χ1) is 15.7. The van der Waals surface area contributed by atoms with Crippen molar-refractivity contribution < 1.29 is 4.79 Å². The highest BCUT2D eigenvalue weighted by Crippen LogP contribution is 2.20. The second kappa shape index (κ2) is 10.1. The van der Waals surface area contributed by atoms with Crippen LogP contribution in [0, 0.1) is 0 Å². The van der Waals surface area contributed by atoms with E-state index in [4.69, 9.17) is 0 Å². The summed E-state index contributed by atoms with van der Waals surface area (Å²) in [4.78, 5) is 21.2. The van der Waals surface area contributed by atoms with E-state index in [0.29, 0.717) is 42.5 Å². The molecule has 0 radical (unpaired) electrons. The van der Waals surface area contributed by atoms with Gasteiger partial charge in [-0.3, -0.25) is 4.79 Å². The van der Waals surface area contributed by atoms with E-state index in [-0.39, 0.29) is 11.7 Å². The Morgan fingerprint density at radius 1 is 1.06 bits per heavy atom. The maximum absolute atomic E-state index is 12.4. The van der Waals surface area contributed by atoms with Crippen LogP contribution in [-0.4, -0.2) is 59.1 Å². The zero-order valence-electron chi connectivity index (χ0n) is 17.8. The molecule has 1 aromatic carbocycles. The Kier molecular flexibility index (Phi) is 6.80. The van der Waals surface area contributed by atoms with Crippen LogP contribution in [0.1, 0.15) is 19.4 Å². The van der Waals surface area contributed by atoms with Gasteiger partial charge in [0, 0.05) is 31.4 Å². The normalized spacial score (nSPS) is 10.9. The fourth-order valence-electron chi connectivity index (χ4n) is 2.95. The number of nitrogens with one attached hydrogen (secondary N) is 3. The number of carbonyl (C=O) groups is 1. The van der Waals surface area contributed by atoms with E-state index >= 15 is 0 Å². The largest absolute Gasteiger partial charge is 0.355 e. The van der Waals surface area contributed by atoms with E-state index in [1.165, 1.54) is 11.8 Å². The molecule has 0 fully saturated rings. The second-order valence-electron chi connectivity index (χ2n) is 6.74. The van der Waals surface area contributed by atoms with Crippen molar-refractivity contribution in [3.63, 3.8) is 0 Å². The van der Waals surface area contributed by atoms with Gasteiger partial charge >= 0.3 is 0 Å². The zero-order valence-corrected chi connectivity index (χ0v) is 18.6. The SMILES string of the molecule is CCNc1nc(NCC)n2c(SCC(=O)NCc3cnn(-c4ccccc4)c3)nnc2n1. The van der Waals surface area contributed by atoms with Crippen molar-refractivity contribution in [3.05, 3.63) is 48.3 Å². The minimum atomic E-state index is -0.116. The average molecular weight is 453 g/mol. The molecule has 0 saturated carbocycles. The van der Waals surface area contributed by atoms with Crippen LogP contribution in [-0.2, 0) is 11.3 Å². The van der Waals surface area contributed by atoms with Gasteiger partial charge in [0.25, 0.3) is 5.78 Å². The molecule has 11 nitrogen and oxygen atoms in total. The lowest BCUT2D eigenvalue weighted by Gasteiger charge is -2.09. The van der Waals surface area contributed by atoms with Crippen molar-refractivity contribution in [1.82, 2.24) is 39.7 Å². The van der Waals surface area contributed by atoms with Gasteiger partial charge in [-0.05, 0) is 26.0 Å². The maximum atomic E-state index is 12.4. The lowest BCUT2D eigenvalue weighted by Crippen LogP contribution is -2.24. The molecular formula is C20H24N10OS. The number of hydrogen-bond donors (Lipinski definition) is 3. The van der Waals surface area contributed by atoms with E-state index in [0.717, 1.165) is 11.3 Å². The number of anilines is 2. The number of para-hydroxylation sites is 1. The van der Waals surface area contributed by atoms with Crippen LogP contribution in [0.15, 0.2) is 47.9 Å². The molecular weight excluding hydrogens is 428 g/mol. The summed E-state index contributed by atoms with van der Waals surface area (Å²) in [6, 6.07) is 9.82. The Morgan fingerprint density at radius 2 is 1.88 bits per heavy atom. The van der Waals surface area contributed by atoms with Gasteiger partial charge in [-0.25, -0.2) is 9.08 Å². The standard InChI is InChI=1S/C20H24N10OS/c1-3-21-17-25-18(22-4-2)30-19(26-17)27-28-20(30)32-13-16(31)23-10-14-11-24-29(12-14)15-8-6-5-7-9-15/h5-9,11-12H,3-4,10,13H2,1-2H3,(H,23,31)(H2,21,22,25,26,27). The van der Waals surface area contributed by atoms with Crippen LogP contribution >= 0.6 is 11.8 Å². The summed E-state index contributed by atoms with van der Waals surface area (Å²) >= 11 is 1.28. The van der Waals surface area contributed by atoms with Gasteiger partial charge in [0.1, 0.15) is 0 Å². The fraction of sp³-hybridized carbons (Fsp3) is 0.300. The Morgan fingerprint density at radius 3 is 2.66 bits per heavy atom. The van der Waals surface area contributed by atoms with Crippen molar-refractivity contribution >= 4 is 35.3 Å². The third kappa shape index (κ3) is 4.97. The fourth-order valence-corrected chi connectivity index (χ4v) is 3.71. The molecule has 32 heavy (non-hydrogen) atoms. The Labute approximate surface area is 189 Å². The molecule has 0 aliphatic heterocycles. The summed E-state index contributed by atoms with van der Waals surface area (Å²) < 4.78 is 3.49. The molecule has 0 aliphatic rings. The maximum Gasteiger partial charge on any atom is 0.261 e. The number of rotatable bonds is 10. The van der Waals surface area contributed by atoms with E-state index in [1.807, 2.05) is 50.4 Å². The number of nitrogens with zero attached hydrogens (tertiary/aromatic N) is 7. The molecule has 0 atom stereocenters. The first-order valence-electron chi connectivity index (χ1n) is 10.3. The van der Waals surface area contributed by atoms with Crippen molar-refractivity contribution in [2.24, 2.45) is 0 Å². The summed E-state index contributed by atoms with van der Waals surface area (Å²) in [5.74, 6) is 1.55. The van der Waals surface area contributed by atoms with Crippen LogP contribution < -0.4 is 16.0 Å². The molecule has 0 aliphatic carbocycles. The van der Waals surface area contributed by atoms with Crippen molar-refractivity contribution in [2.75, 3.05) is 29.5 Å². The van der Waals surface area contributed by atoms with Crippen LogP contribution in [0.25, 0.3) is 11.5 Å². The van der Waals surface area contributed by atoms with Gasteiger partial charge in [-0.15, -0.1) is 10.2 Å². The van der Waals surface area contributed by atoms with Gasteiger partial charge in [0.05, 0.1) is 17.6 Å². The number of carbonyl (C=O) groups excluding carboxylic acids is 1. The average Bonchev–Trinajstić information content (AvgIpc) is 3.45. The van der Waals surface area contributed by atoms with Gasteiger partial charge < -0.3 is 16.0 Å². The number of amides is 1. The third-order valence-electron chi connectivity index (χ3n) is 4.39. The smallest absolute Gasteiger partial charge is 0.261 e. The van der Waals surface area contributed by atoms with E-state index in [2.05, 4.69) is 41.2 Å². The van der Waals surface area contributed by atoms with Crippen LogP contribution in [0.3, 0.4) is 0 Å². The van der Waals surface area contributed by atoms with Crippen molar-refractivity contribution in [1.29, 1.82) is 0 Å². The van der Waals surface area contributed by atoms with Crippen molar-refractivity contribution in [2.45, 2.75) is 25.5 Å². The Balaban J connectivity index is 1.37. The van der Waals surface area contributed by atoms with Gasteiger partial charge in [0.2, 0.25) is 17.8 Å². The number of thioether (sulfide) groups is 1. The summed E-state index contributed by atoms with van der Waals surface area (Å²) in [6.45, 7) is 5.71. The number of hydrogen-bond acceptors (Lipinski definition) is 9. The monoisotopic (exact) mass is 452 g/mol. The Bertz CT molecular complexity index is 1190. The molecule has 4 rings (SSSR count). The quantitative estimate of drug-likeness (QED) is 0.310. The molecule has 4 aromatic rings. The van der Waals surface area contributed by atoms with E-state index < -0.39 is 0 Å². The number of aromatic nitrogens is 7. The van der Waals surface area contributed by atoms with E-state index in [1.54, 1.807) is 15.3 Å². The van der Waals surface area contributed by atoms with Gasteiger partial charge in [-0.2, -0.15) is 15.1 Å². The molecule has 0 spiro atoms. The van der Waals surface area contributed by atoms with Crippen LogP contribution in [0.4, 0.5) is 11.9 Å². The molecule has 0 bridgehead atoms. The molecule has 12 heteroatoms. The number of fused-ring (bicyclic) bond motifs is 1. The predicted molar refractivity (Wildman–Crippen MR) is 123 cm³/mol. The summed E-state index contributed by atoms with van der Waals surface area (Å²) in [6.07, 6.45) is 3.64. The minimum Gasteiger partial charge on any atom is -0.355 e. The molecule has 1 amide bonds. The first-order valence-corrected chi connectivity index (χ1v) is 11.3. The molecule has 3 N–H and O–H groups in total. The zero-order chi connectivity index (χ0) is 22.3. The summed E-state index contributed by atoms with van der Waals surface area (Å²) in [5.41, 5.74) is 1.88. The highest BCUT2D eigenvalue weighted by molar-refractivity contribution is 7.99. The van der Waals surface area contributed by atoms with Crippen LogP contribution in [0.2, 0.25) is 0 Å². The first kappa shape index (κ1) is 21.6. The highest BCUT2D eigenvalue weighted by atomic mass is 32.2. The van der Waals surface area contributed by atoms with Gasteiger partial charge in [-0.1, -0.05) is 30.0 Å². The summed E-state index contributed by atoms with van der Waals surface area (Å²) in [7, 11) is 0. The van der Waals surface area contributed by atoms with Gasteiger partial charge in [0.15, 0.2) is 5.16 Å². The lowest BCUT2D eigenvalue weighted by atomic mass is 10.3.